The van der Waals surface area contributed by atoms with Crippen molar-refractivity contribution >= 4 is 17.8 Å². The van der Waals surface area contributed by atoms with Crippen molar-refractivity contribution < 1.29 is 19.5 Å². The number of carboxylic acids is 1. The summed E-state index contributed by atoms with van der Waals surface area (Å²) in [5.41, 5.74) is 0.840. The van der Waals surface area contributed by atoms with Crippen LogP contribution in [-0.2, 0) is 14.4 Å². The zero-order valence-corrected chi connectivity index (χ0v) is 8.48. The molecule has 1 aliphatic rings. The van der Waals surface area contributed by atoms with Crippen LogP contribution >= 0.6 is 0 Å². The van der Waals surface area contributed by atoms with Gasteiger partial charge in [0.1, 0.15) is 0 Å². The molecule has 0 aromatic rings. The molecule has 1 rings (SSSR count). The molecule has 0 saturated carbocycles. The molecule has 0 aliphatic carbocycles. The largest absolute Gasteiger partial charge is 0.478 e. The molecule has 0 radical (unpaired) electrons. The van der Waals surface area contributed by atoms with Gasteiger partial charge in [-0.3, -0.25) is 14.5 Å². The number of carbonyl (C=O) groups excluding carboxylic acids is 2. The Balaban J connectivity index is 2.72. The average molecular weight is 209 g/mol. The van der Waals surface area contributed by atoms with Crippen LogP contribution < -0.4 is 0 Å². The minimum Gasteiger partial charge on any atom is -0.478 e. The van der Waals surface area contributed by atoms with Crippen molar-refractivity contribution in [3.8, 4) is 0 Å². The maximum Gasteiger partial charge on any atom is 0.328 e. The van der Waals surface area contributed by atoms with Crippen LogP contribution in [0.25, 0.3) is 0 Å². The summed E-state index contributed by atoms with van der Waals surface area (Å²) in [6.45, 7) is 3.16. The second kappa shape index (κ2) is 4.08. The van der Waals surface area contributed by atoms with Crippen LogP contribution in [0, 0.1) is 0 Å². The summed E-state index contributed by atoms with van der Waals surface area (Å²) in [4.78, 5) is 34.1. The number of carbonyl (C=O) groups is 3. The third-order valence-electron chi connectivity index (χ3n) is 2.24. The van der Waals surface area contributed by atoms with Gasteiger partial charge in [0.15, 0.2) is 0 Å². The molecular weight excluding hydrogens is 198 g/mol. The van der Waals surface area contributed by atoms with Gasteiger partial charge in [0.25, 0.3) is 11.8 Å². The molecule has 80 valence electrons. The number of carboxylic acid groups (broad SMARTS) is 1. The number of rotatable bonds is 3. The molecule has 15 heavy (non-hydrogen) atoms. The maximum atomic E-state index is 11.5. The van der Waals surface area contributed by atoms with Crippen molar-refractivity contribution in [1.29, 1.82) is 0 Å². The van der Waals surface area contributed by atoms with E-state index >= 15 is 0 Å². The lowest BCUT2D eigenvalue weighted by molar-refractivity contribution is -0.137. The number of imide groups is 1. The molecule has 1 N–H and O–H groups in total. The van der Waals surface area contributed by atoms with E-state index in [4.69, 9.17) is 5.11 Å². The van der Waals surface area contributed by atoms with Gasteiger partial charge in [0, 0.05) is 23.8 Å². The van der Waals surface area contributed by atoms with Gasteiger partial charge >= 0.3 is 5.97 Å². The van der Waals surface area contributed by atoms with Gasteiger partial charge in [0.2, 0.25) is 0 Å². The van der Waals surface area contributed by atoms with Gasteiger partial charge in [-0.2, -0.15) is 0 Å². The van der Waals surface area contributed by atoms with E-state index in [0.717, 1.165) is 11.0 Å². The Bertz CT molecular complexity index is 368. The molecule has 0 aromatic carbocycles. The number of aliphatic carboxylic acids is 1. The van der Waals surface area contributed by atoms with E-state index in [1.165, 1.54) is 6.08 Å². The molecule has 0 spiro atoms. The molecule has 5 heteroatoms. The van der Waals surface area contributed by atoms with Gasteiger partial charge in [-0.1, -0.05) is 6.08 Å². The Labute approximate surface area is 86.7 Å². The average Bonchev–Trinajstić information content (AvgIpc) is 2.34. The van der Waals surface area contributed by atoms with E-state index < -0.39 is 5.97 Å². The molecule has 0 atom stereocenters. The molecule has 0 fully saturated rings. The predicted molar refractivity (Wildman–Crippen MR) is 51.9 cm³/mol. The highest BCUT2D eigenvalue weighted by atomic mass is 16.4. The Morgan fingerprint density at radius 1 is 1.27 bits per heavy atom. The maximum absolute atomic E-state index is 11.5. The third kappa shape index (κ3) is 2.12. The molecule has 0 aromatic heterocycles. The predicted octanol–water partition coefficient (Wildman–Crippen LogP) is 0.332. The van der Waals surface area contributed by atoms with E-state index in [1.54, 1.807) is 13.8 Å². The minimum absolute atomic E-state index is 0.00134. The second-order valence-electron chi connectivity index (χ2n) is 3.21. The number of hydrogen-bond acceptors (Lipinski definition) is 3. The van der Waals surface area contributed by atoms with Crippen molar-refractivity contribution in [2.24, 2.45) is 0 Å². The van der Waals surface area contributed by atoms with Gasteiger partial charge < -0.3 is 5.11 Å². The zero-order chi connectivity index (χ0) is 11.6. The van der Waals surface area contributed by atoms with Crippen LogP contribution in [0.15, 0.2) is 23.3 Å². The van der Waals surface area contributed by atoms with Gasteiger partial charge in [-0.05, 0) is 13.8 Å². The van der Waals surface area contributed by atoms with Crippen LogP contribution in [0.4, 0.5) is 0 Å². The molecule has 0 unspecified atom stereocenters. The van der Waals surface area contributed by atoms with E-state index in [9.17, 15) is 14.4 Å². The number of hydrogen-bond donors (Lipinski definition) is 1. The highest BCUT2D eigenvalue weighted by molar-refractivity contribution is 6.18. The van der Waals surface area contributed by atoms with Gasteiger partial charge in [-0.25, -0.2) is 4.79 Å². The monoisotopic (exact) mass is 209 g/mol. The summed E-state index contributed by atoms with van der Waals surface area (Å²) in [5, 5.41) is 8.34. The fourth-order valence-corrected chi connectivity index (χ4v) is 1.24. The van der Waals surface area contributed by atoms with E-state index in [2.05, 4.69) is 0 Å². The Kier molecular flexibility index (Phi) is 3.04. The second-order valence-corrected chi connectivity index (χ2v) is 3.21. The van der Waals surface area contributed by atoms with E-state index in [1.807, 2.05) is 0 Å². The van der Waals surface area contributed by atoms with E-state index in [0.29, 0.717) is 11.1 Å². The van der Waals surface area contributed by atoms with Crippen molar-refractivity contribution in [3.05, 3.63) is 23.3 Å². The molecule has 1 heterocycles. The Morgan fingerprint density at radius 3 is 2.13 bits per heavy atom. The molecule has 1 aliphatic heterocycles. The first kappa shape index (κ1) is 11.2. The molecule has 2 amide bonds. The van der Waals surface area contributed by atoms with Crippen molar-refractivity contribution in [1.82, 2.24) is 4.90 Å². The summed E-state index contributed by atoms with van der Waals surface area (Å²) >= 11 is 0. The summed E-state index contributed by atoms with van der Waals surface area (Å²) in [5.74, 6) is -1.81. The van der Waals surface area contributed by atoms with E-state index in [-0.39, 0.29) is 18.4 Å². The summed E-state index contributed by atoms with van der Waals surface area (Å²) in [7, 11) is 0. The topological polar surface area (TPSA) is 74.7 Å². The highest BCUT2D eigenvalue weighted by Gasteiger charge is 2.32. The van der Waals surface area contributed by atoms with Crippen LogP contribution in [-0.4, -0.2) is 34.3 Å². The quantitative estimate of drug-likeness (QED) is 0.537. The highest BCUT2D eigenvalue weighted by Crippen LogP contribution is 2.19. The van der Waals surface area contributed by atoms with Crippen LogP contribution in [0.2, 0.25) is 0 Å². The molecular formula is C10H11NO4. The lowest BCUT2D eigenvalue weighted by Gasteiger charge is -2.11. The van der Waals surface area contributed by atoms with Crippen molar-refractivity contribution in [3.63, 3.8) is 0 Å². The van der Waals surface area contributed by atoms with Crippen LogP contribution in [0.3, 0.4) is 0 Å². The smallest absolute Gasteiger partial charge is 0.328 e. The summed E-state index contributed by atoms with van der Waals surface area (Å²) in [6, 6.07) is 0. The first-order valence-corrected chi connectivity index (χ1v) is 4.38. The summed E-state index contributed by atoms with van der Waals surface area (Å²) in [6.07, 6.45) is 2.17. The molecule has 5 nitrogen and oxygen atoms in total. The zero-order valence-electron chi connectivity index (χ0n) is 8.48. The number of nitrogens with zero attached hydrogens (tertiary/aromatic N) is 1. The fourth-order valence-electron chi connectivity index (χ4n) is 1.24. The first-order valence-electron chi connectivity index (χ1n) is 4.38. The van der Waals surface area contributed by atoms with Crippen LogP contribution in [0.1, 0.15) is 13.8 Å². The summed E-state index contributed by atoms with van der Waals surface area (Å²) < 4.78 is 0. The Hall–Kier alpha value is -1.91. The first-order chi connectivity index (χ1) is 6.95. The van der Waals surface area contributed by atoms with Gasteiger partial charge in [0.05, 0.1) is 0 Å². The Morgan fingerprint density at radius 2 is 1.73 bits per heavy atom. The van der Waals surface area contributed by atoms with Crippen molar-refractivity contribution in [2.75, 3.05) is 6.54 Å². The standard InChI is InChI=1S/C10H11NO4/c1-6-7(2)10(15)11(9(6)14)5-3-4-8(12)13/h3-4H,5H2,1-2H3,(H,12,13)/b4-3+. The van der Waals surface area contributed by atoms with Gasteiger partial charge in [-0.15, -0.1) is 0 Å². The normalized spacial score (nSPS) is 17.1. The van der Waals surface area contributed by atoms with Crippen LogP contribution in [0.5, 0.6) is 0 Å². The lowest BCUT2D eigenvalue weighted by Crippen LogP contribution is -2.31. The van der Waals surface area contributed by atoms with Crippen molar-refractivity contribution in [2.45, 2.75) is 13.8 Å². The minimum atomic E-state index is -1.10. The fraction of sp³-hybridized carbons (Fsp3) is 0.300. The SMILES string of the molecule is CC1=C(C)C(=O)N(C/C=C/C(=O)O)C1=O. The number of amides is 2. The third-order valence-corrected chi connectivity index (χ3v) is 2.24. The molecule has 0 bridgehead atoms. The lowest BCUT2D eigenvalue weighted by atomic mass is 10.2. The molecule has 0 saturated heterocycles.